The lowest BCUT2D eigenvalue weighted by molar-refractivity contribution is -0.139. The van der Waals surface area contributed by atoms with E-state index < -0.39 is 121 Å². The summed E-state index contributed by atoms with van der Waals surface area (Å²) in [5.74, 6) is -3.20. The van der Waals surface area contributed by atoms with E-state index >= 15 is 0 Å². The molecule has 42 heteroatoms. The van der Waals surface area contributed by atoms with Gasteiger partial charge in [0.15, 0.2) is 18.3 Å². The van der Waals surface area contributed by atoms with Gasteiger partial charge in [0.25, 0.3) is 0 Å². The van der Waals surface area contributed by atoms with E-state index in [9.17, 15) is 57.8 Å². The number of carboxylic acid groups (broad SMARTS) is 3. The van der Waals surface area contributed by atoms with E-state index in [-0.39, 0.29) is 134 Å². The summed E-state index contributed by atoms with van der Waals surface area (Å²) in [4.78, 5) is 123. The maximum atomic E-state index is 12.8. The Morgan fingerprint density at radius 2 is 0.557 bits per heavy atom. The number of halogens is 2. The van der Waals surface area contributed by atoms with E-state index in [4.69, 9.17) is 131 Å². The summed E-state index contributed by atoms with van der Waals surface area (Å²) in [6.07, 6.45) is 12.7. The van der Waals surface area contributed by atoms with Crippen molar-refractivity contribution < 1.29 is 193 Å². The number of carbonyl (C=O) groups is 11. The fraction of sp³-hybridized carbons (Fsp3) is 0.430. The van der Waals surface area contributed by atoms with Gasteiger partial charge in [-0.15, -0.1) is 0 Å². The minimum atomic E-state index is -0.989. The largest absolute Gasteiger partial charge is 0.508 e. The first-order valence-electron chi connectivity index (χ1n) is 47.9. The van der Waals surface area contributed by atoms with Crippen LogP contribution in [-0.4, -0.2) is 309 Å². The van der Waals surface area contributed by atoms with Crippen LogP contribution in [0.1, 0.15) is 170 Å². The number of hydrogen-bond donors (Lipinski definition) is 9. The third kappa shape index (κ3) is 49.1. The number of rotatable bonds is 47. The highest BCUT2D eigenvalue weighted by Crippen LogP contribution is 2.34. The van der Waals surface area contributed by atoms with Gasteiger partial charge in [0.1, 0.15) is 153 Å². The Morgan fingerprint density at radius 1 is 0.315 bits per heavy atom. The summed E-state index contributed by atoms with van der Waals surface area (Å²) in [6.45, 7) is 23.3. The van der Waals surface area contributed by atoms with E-state index in [1.54, 1.807) is 128 Å². The Hall–Kier alpha value is -13.4. The summed E-state index contributed by atoms with van der Waals surface area (Å²) in [7, 11) is 0. The second-order valence-corrected chi connectivity index (χ2v) is 33.1. The van der Waals surface area contributed by atoms with Crippen LogP contribution in [-0.2, 0) is 85.0 Å². The fourth-order valence-electron chi connectivity index (χ4n) is 13.6. The van der Waals surface area contributed by atoms with Crippen molar-refractivity contribution >= 4 is 93.5 Å². The minimum absolute atomic E-state index is 0.0549. The van der Waals surface area contributed by atoms with Crippen molar-refractivity contribution in [3.8, 4) is 40.2 Å². The Morgan fingerprint density at radius 3 is 0.826 bits per heavy atom. The predicted octanol–water partition coefficient (Wildman–Crippen LogP) is 13.3. The molecule has 6 fully saturated rings. The van der Waals surface area contributed by atoms with Gasteiger partial charge in [0, 0.05) is 29.6 Å². The third-order valence-electron chi connectivity index (χ3n) is 21.2. The number of alkyl halides is 1. The zero-order chi connectivity index (χ0) is 109. The van der Waals surface area contributed by atoms with Gasteiger partial charge in [-0.3, -0.25) is 0 Å². The second kappa shape index (κ2) is 73.7. The molecule has 40 nitrogen and oxygen atoms in total. The van der Waals surface area contributed by atoms with Crippen LogP contribution in [0.3, 0.4) is 0 Å². The molecule has 0 amide bonds. The molecule has 9 N–H and O–H groups in total. The zero-order valence-corrected chi connectivity index (χ0v) is 85.4. The Bertz CT molecular complexity index is 5110. The average Bonchev–Trinajstić information content (AvgIpc) is 1.59. The molecule has 0 bridgehead atoms. The molecule has 6 aliphatic heterocycles. The SMILES string of the molecule is C=CC(=O)OCCOc1ccc(C(=O)O)cc1.C=CC(=O)OCCOc1ccc(C(=O)O[C@@H]2COC3C2OC[C@@H]3O)cc1.C=CC(=O)OCCOc1ccc(C(=O)O[C@@H]2COC3C2OC[C@@H]3OC(=O)c2ccc(OCCCCCCCC)cc2)cc1.C=CC(=O)OCl.CCCCCCCCOc1ccc(C(=O)O)cc1.CCOC(=O)c1ccc(O)cc1.O=C(O)c1ccc(OCCO)cc1.OCCBr.O[C@@H]1COC2C1OC[C@@H]2O. The molecule has 6 aliphatic rings. The lowest BCUT2D eigenvalue weighted by atomic mass is 10.1. The van der Waals surface area contributed by atoms with Crippen molar-refractivity contribution in [1.29, 1.82) is 0 Å². The van der Waals surface area contributed by atoms with Gasteiger partial charge >= 0.3 is 65.7 Å². The van der Waals surface area contributed by atoms with Crippen LogP contribution in [0.5, 0.6) is 40.2 Å². The molecule has 149 heavy (non-hydrogen) atoms. The van der Waals surface area contributed by atoms with Crippen molar-refractivity contribution in [2.24, 2.45) is 0 Å². The van der Waals surface area contributed by atoms with Gasteiger partial charge in [0.05, 0.1) is 112 Å². The molecule has 6 heterocycles. The predicted molar refractivity (Wildman–Crippen MR) is 541 cm³/mol. The smallest absolute Gasteiger partial charge is 0.348 e. The number of hydrogen-bond acceptors (Lipinski definition) is 37. The van der Waals surface area contributed by atoms with E-state index in [0.29, 0.717) is 81.7 Å². The van der Waals surface area contributed by atoms with Crippen molar-refractivity contribution in [1.82, 2.24) is 0 Å². The average molecular weight is 2170 g/mol. The number of fused-ring (bicyclic) bond motifs is 3. The number of aromatic carboxylic acids is 3. The lowest BCUT2D eigenvalue weighted by Crippen LogP contribution is -2.36. The molecule has 0 spiro atoms. The Labute approximate surface area is 876 Å². The normalized spacial score (nSPS) is 18.6. The number of aromatic hydroxyl groups is 1. The highest BCUT2D eigenvalue weighted by Gasteiger charge is 2.52. The van der Waals surface area contributed by atoms with E-state index in [2.05, 4.69) is 72.2 Å². The molecule has 6 saturated heterocycles. The first-order valence-corrected chi connectivity index (χ1v) is 49.4. The van der Waals surface area contributed by atoms with Gasteiger partial charge < -0.3 is 140 Å². The molecular formula is C107H132BrClO40. The Balaban J connectivity index is 0.000000318. The highest BCUT2D eigenvalue weighted by atomic mass is 79.9. The molecular weight excluding hydrogens is 2040 g/mol. The number of esters is 7. The number of phenolic OH excluding ortho intramolecular Hbond substituents is 1. The molecule has 7 aromatic rings. The number of carboxylic acids is 3. The van der Waals surface area contributed by atoms with Gasteiger partial charge in [0.2, 0.25) is 0 Å². The van der Waals surface area contributed by atoms with Crippen molar-refractivity contribution in [2.45, 2.75) is 171 Å². The minimum Gasteiger partial charge on any atom is -0.508 e. The van der Waals surface area contributed by atoms with Crippen LogP contribution in [0, 0.1) is 0 Å². The molecule has 814 valence electrons. The van der Waals surface area contributed by atoms with Crippen LogP contribution in [0.25, 0.3) is 0 Å². The number of ether oxygens (including phenoxy) is 19. The van der Waals surface area contributed by atoms with Crippen molar-refractivity contribution in [2.75, 3.05) is 124 Å². The van der Waals surface area contributed by atoms with Gasteiger partial charge in [-0.1, -0.05) is 120 Å². The molecule has 0 aliphatic carbocycles. The summed E-state index contributed by atoms with van der Waals surface area (Å²) in [5, 5.41) is 79.9. The fourth-order valence-corrected chi connectivity index (χ4v) is 13.7. The Kier molecular flexibility index (Phi) is 62.3. The quantitative estimate of drug-likeness (QED) is 0.00562. The van der Waals surface area contributed by atoms with E-state index in [1.807, 2.05) is 0 Å². The van der Waals surface area contributed by atoms with Gasteiger partial charge in [-0.05, 0) is 190 Å². The number of unbranched alkanes of at least 4 members (excludes halogenated alkanes) is 10. The number of aliphatic hydroxyl groups is 5. The van der Waals surface area contributed by atoms with Gasteiger partial charge in [-0.2, -0.15) is 0 Å². The maximum Gasteiger partial charge on any atom is 0.348 e. The molecule has 12 atom stereocenters. The lowest BCUT2D eigenvalue weighted by Gasteiger charge is -2.17. The standard InChI is InChI=1S/C33H40O10.C18H20O8.C15H22O3.C12H12O5.C9H10O4.C9H10O3.C6H10O4.C3H3ClO2.C2H5BrO/c1-3-5-6-7-8-9-18-37-25-14-10-23(11-15-25)32(35)42-27-21-40-31-28(22-41-30(27)31)43-33(36)24-12-16-26(17-13-24)38-19-20-39-29(34)4-2;1-2-15(20)23-8-7-22-12-5-3-11(4-6-12)18(21)26-14-10-25-16-13(19)9-24-17(14)16;1-2-3-4-5-6-7-12-18-14-10-8-13(9-11-14)15(16)17;1-2-11(13)17-8-7-16-10-5-3-9(4-6-10)12(14)15;10-5-6-13-8-3-1-7(2-4-8)9(11)12;1-2-12-9(11)7-3-5-8(10)6-4-7;7-3-1-9-6-4(8)2-10-5(3)6;1-2-3(5)6-4;3-1-2-4/h4,10-17,27-28,30-31H,2-3,5-9,18-22H2,1H3;2-6,13-14,16-17,19H,1,7-10H2;8-11H,2-7,12H2,1H3,(H,16,17);2-6H,1,7-8H2,(H,14,15);1-4,10H,5-6H2,(H,11,12);3-6,10H,2H2,1H3;3-8H,1-2H2;2H,1H2;4H,1-2H2/t27-,28+,30?,31?;13-,14+,16?,17?;;;;;3-,4+,5?,6?;;/m00......./s1. The van der Waals surface area contributed by atoms with E-state index in [0.717, 1.165) is 49.3 Å². The number of benzene rings is 7. The van der Waals surface area contributed by atoms with Crippen molar-refractivity contribution in [3.63, 3.8) is 0 Å². The second-order valence-electron chi connectivity index (χ2n) is 32.1. The monoisotopic (exact) mass is 2170 g/mol. The van der Waals surface area contributed by atoms with Crippen LogP contribution >= 0.6 is 27.8 Å². The molecule has 0 saturated carbocycles. The molecule has 0 aromatic heterocycles. The van der Waals surface area contributed by atoms with Crippen LogP contribution in [0.2, 0.25) is 0 Å². The van der Waals surface area contributed by atoms with E-state index in [1.165, 1.54) is 106 Å². The third-order valence-corrected chi connectivity index (χ3v) is 21.7. The highest BCUT2D eigenvalue weighted by molar-refractivity contribution is 9.09. The molecule has 7 aromatic carbocycles. The number of phenols is 1. The topological polar surface area (TPSA) is 554 Å². The van der Waals surface area contributed by atoms with Crippen LogP contribution in [0.4, 0.5) is 0 Å². The number of aliphatic hydroxyl groups excluding tert-OH is 5. The maximum absolute atomic E-state index is 12.8. The molecule has 6 unspecified atom stereocenters. The first kappa shape index (κ1) is 126. The molecule has 13 rings (SSSR count). The number of carbonyl (C=O) groups excluding carboxylic acids is 8. The summed E-state index contributed by atoms with van der Waals surface area (Å²) < 4.78 is 105. The summed E-state index contributed by atoms with van der Waals surface area (Å²) in [5.41, 5.74) is 2.25. The first-order chi connectivity index (χ1) is 71.9. The summed E-state index contributed by atoms with van der Waals surface area (Å²) in [6, 6.07) is 44.1. The van der Waals surface area contributed by atoms with Crippen LogP contribution < -0.4 is 28.4 Å². The van der Waals surface area contributed by atoms with Crippen LogP contribution in [0.15, 0.2) is 220 Å². The summed E-state index contributed by atoms with van der Waals surface area (Å²) >= 11 is 7.53. The van der Waals surface area contributed by atoms with Crippen molar-refractivity contribution in [3.05, 3.63) is 259 Å². The molecule has 0 radical (unpaired) electrons. The van der Waals surface area contributed by atoms with Gasteiger partial charge in [-0.25, -0.2) is 52.7 Å². The zero-order valence-electron chi connectivity index (χ0n) is 83.1.